The van der Waals surface area contributed by atoms with Gasteiger partial charge in [0.25, 0.3) is 0 Å². The lowest BCUT2D eigenvalue weighted by atomic mass is 10.2. The summed E-state index contributed by atoms with van der Waals surface area (Å²) >= 11 is 27.4. The van der Waals surface area contributed by atoms with Crippen LogP contribution >= 0.6 is 63.0 Å². The molecule has 0 saturated carbocycles. The summed E-state index contributed by atoms with van der Waals surface area (Å²) in [6, 6.07) is 14.9. The van der Waals surface area contributed by atoms with Crippen LogP contribution in [0.15, 0.2) is 65.4 Å². The summed E-state index contributed by atoms with van der Waals surface area (Å²) in [7, 11) is 0. The van der Waals surface area contributed by atoms with Crippen LogP contribution in [0.25, 0.3) is 0 Å². The number of hydrogen-bond acceptors (Lipinski definition) is 3. The molecule has 11 heteroatoms. The van der Waals surface area contributed by atoms with E-state index in [0.29, 0.717) is 44.9 Å². The van der Waals surface area contributed by atoms with Gasteiger partial charge in [-0.05, 0) is 58.0 Å². The molecule has 2 aromatic heterocycles. The molecule has 0 aliphatic heterocycles. The van der Waals surface area contributed by atoms with Gasteiger partial charge in [0.1, 0.15) is 0 Å². The first-order valence-corrected chi connectivity index (χ1v) is 11.7. The van der Waals surface area contributed by atoms with Gasteiger partial charge in [0.2, 0.25) is 0 Å². The first-order valence-electron chi connectivity index (χ1n) is 9.39. The molecule has 2 heterocycles. The first kappa shape index (κ1) is 23.1. The van der Waals surface area contributed by atoms with Crippen LogP contribution in [0.4, 0.5) is 11.6 Å². The Labute approximate surface area is 213 Å². The fourth-order valence-electron chi connectivity index (χ4n) is 2.96. The molecule has 0 aliphatic carbocycles. The largest absolute Gasteiger partial charge is 0.316 e. The topological polar surface area (TPSA) is 59.7 Å². The molecule has 164 valence electrons. The minimum absolute atomic E-state index is 0.364. The quantitative estimate of drug-likeness (QED) is 0.253. The van der Waals surface area contributed by atoms with E-state index in [1.165, 1.54) is 0 Å². The molecule has 0 amide bonds. The predicted molar refractivity (Wildman–Crippen MR) is 138 cm³/mol. The number of aromatic nitrogens is 4. The van der Waals surface area contributed by atoms with Gasteiger partial charge in [-0.2, -0.15) is 10.2 Å². The predicted octanol–water partition coefficient (Wildman–Crippen LogP) is 6.71. The summed E-state index contributed by atoms with van der Waals surface area (Å²) in [5, 5.41) is 17.4. The Morgan fingerprint density at radius 3 is 2.34 bits per heavy atom. The monoisotopic (exact) mass is 568 g/mol. The minimum atomic E-state index is 0.364. The van der Waals surface area contributed by atoms with Crippen molar-refractivity contribution in [2.45, 2.75) is 13.1 Å². The molecule has 0 unspecified atom stereocenters. The molecule has 0 atom stereocenters. The maximum Gasteiger partial charge on any atom is 0.177 e. The second kappa shape index (κ2) is 10.2. The van der Waals surface area contributed by atoms with Crippen LogP contribution in [0.2, 0.25) is 15.1 Å². The number of halogens is 4. The van der Waals surface area contributed by atoms with Crippen molar-refractivity contribution in [2.75, 3.05) is 10.6 Å². The van der Waals surface area contributed by atoms with E-state index in [9.17, 15) is 0 Å². The highest BCUT2D eigenvalue weighted by Gasteiger charge is 2.11. The zero-order valence-corrected chi connectivity index (χ0v) is 21.1. The Bertz CT molecular complexity index is 1230. The van der Waals surface area contributed by atoms with Crippen LogP contribution < -0.4 is 10.6 Å². The van der Waals surface area contributed by atoms with Crippen molar-refractivity contribution in [1.82, 2.24) is 19.6 Å². The second-order valence-corrected chi connectivity index (χ2v) is 9.34. The summed E-state index contributed by atoms with van der Waals surface area (Å²) in [6.07, 6.45) is 3.70. The fourth-order valence-corrected chi connectivity index (χ4v) is 4.22. The maximum absolute atomic E-state index is 6.24. The highest BCUT2D eigenvalue weighted by atomic mass is 79.9. The highest BCUT2D eigenvalue weighted by molar-refractivity contribution is 9.10. The van der Waals surface area contributed by atoms with E-state index in [0.717, 1.165) is 15.6 Å². The van der Waals surface area contributed by atoms with Gasteiger partial charge in [0.15, 0.2) is 16.7 Å². The minimum Gasteiger partial charge on any atom is -0.316 e. The zero-order valence-electron chi connectivity index (χ0n) is 16.4. The Morgan fingerprint density at radius 2 is 1.62 bits per heavy atom. The molecule has 0 spiro atoms. The van der Waals surface area contributed by atoms with Gasteiger partial charge in [0, 0.05) is 39.1 Å². The summed E-state index contributed by atoms with van der Waals surface area (Å²) in [6.45, 7) is 1.05. The lowest BCUT2D eigenvalue weighted by Gasteiger charge is -2.08. The van der Waals surface area contributed by atoms with Crippen molar-refractivity contribution in [2.24, 2.45) is 0 Å². The molecule has 6 nitrogen and oxygen atoms in total. The smallest absolute Gasteiger partial charge is 0.177 e. The van der Waals surface area contributed by atoms with E-state index in [1.807, 2.05) is 48.8 Å². The van der Waals surface area contributed by atoms with Crippen molar-refractivity contribution < 1.29 is 0 Å². The molecule has 4 rings (SSSR count). The van der Waals surface area contributed by atoms with Gasteiger partial charge < -0.3 is 10.6 Å². The van der Waals surface area contributed by atoms with E-state index < -0.39 is 0 Å². The third-order valence-corrected chi connectivity index (χ3v) is 6.22. The van der Waals surface area contributed by atoms with Gasteiger partial charge >= 0.3 is 0 Å². The standard InChI is InChI=1S/C21H16BrCl3N6S/c22-16-12-31(10-13-4-6-14(23)7-5-13)29-20(16)27-21(32)26-19-8-9-30(28-19)11-15-17(24)2-1-3-18(15)25/h1-9,12H,10-11H2,(H2,26,27,28,29,32). The maximum atomic E-state index is 6.24. The average molecular weight is 571 g/mol. The molecule has 32 heavy (non-hydrogen) atoms. The number of hydrogen-bond donors (Lipinski definition) is 2. The number of anilines is 2. The molecule has 0 saturated heterocycles. The van der Waals surface area contributed by atoms with Crippen molar-refractivity contribution in [3.05, 3.63) is 91.6 Å². The molecular weight excluding hydrogens is 555 g/mol. The second-order valence-electron chi connectivity index (χ2n) is 6.83. The van der Waals surface area contributed by atoms with Gasteiger partial charge in [-0.25, -0.2) is 0 Å². The summed E-state index contributed by atoms with van der Waals surface area (Å²) < 4.78 is 4.32. The van der Waals surface area contributed by atoms with Gasteiger partial charge in [0.05, 0.1) is 17.6 Å². The van der Waals surface area contributed by atoms with Crippen molar-refractivity contribution in [3.63, 3.8) is 0 Å². The van der Waals surface area contributed by atoms with Crippen molar-refractivity contribution in [3.8, 4) is 0 Å². The number of benzene rings is 2. The van der Waals surface area contributed by atoms with Crippen LogP contribution in [0.3, 0.4) is 0 Å². The molecule has 4 aromatic rings. The molecule has 0 fully saturated rings. The van der Waals surface area contributed by atoms with Crippen LogP contribution in [-0.2, 0) is 13.1 Å². The lowest BCUT2D eigenvalue weighted by molar-refractivity contribution is 0.689. The fraction of sp³-hybridized carbons (Fsp3) is 0.0952. The van der Waals surface area contributed by atoms with E-state index in [4.69, 9.17) is 47.0 Å². The molecule has 0 aliphatic rings. The SMILES string of the molecule is S=C(Nc1ccn(Cc2c(Cl)cccc2Cl)n1)Nc1nn(Cc2ccc(Cl)cc2)cc1Br. The van der Waals surface area contributed by atoms with E-state index in [-0.39, 0.29) is 0 Å². The normalized spacial score (nSPS) is 10.9. The number of rotatable bonds is 6. The molecular formula is C21H16BrCl3N6S. The van der Waals surface area contributed by atoms with E-state index in [2.05, 4.69) is 36.8 Å². The number of nitrogens with one attached hydrogen (secondary N) is 2. The molecule has 2 aromatic carbocycles. The molecule has 0 radical (unpaired) electrons. The van der Waals surface area contributed by atoms with Crippen LogP contribution in [0, 0.1) is 0 Å². The van der Waals surface area contributed by atoms with Gasteiger partial charge in [-0.15, -0.1) is 0 Å². The van der Waals surface area contributed by atoms with Gasteiger partial charge in [-0.1, -0.05) is 53.0 Å². The van der Waals surface area contributed by atoms with Gasteiger partial charge in [-0.3, -0.25) is 9.36 Å². The van der Waals surface area contributed by atoms with E-state index >= 15 is 0 Å². The van der Waals surface area contributed by atoms with Crippen LogP contribution in [0.5, 0.6) is 0 Å². The highest BCUT2D eigenvalue weighted by Crippen LogP contribution is 2.25. The Kier molecular flexibility index (Phi) is 7.37. The number of nitrogens with zero attached hydrogens (tertiary/aromatic N) is 4. The third kappa shape index (κ3) is 5.82. The lowest BCUT2D eigenvalue weighted by Crippen LogP contribution is -2.20. The van der Waals surface area contributed by atoms with Crippen LogP contribution in [0.1, 0.15) is 11.1 Å². The molecule has 2 N–H and O–H groups in total. The van der Waals surface area contributed by atoms with E-state index in [1.54, 1.807) is 21.5 Å². The Hall–Kier alpha value is -2.10. The molecule has 0 bridgehead atoms. The third-order valence-electron chi connectivity index (χ3n) is 4.47. The Morgan fingerprint density at radius 1 is 0.906 bits per heavy atom. The number of thiocarbonyl (C=S) groups is 1. The summed E-state index contributed by atoms with van der Waals surface area (Å²) in [5.41, 5.74) is 1.89. The van der Waals surface area contributed by atoms with Crippen molar-refractivity contribution in [1.29, 1.82) is 0 Å². The summed E-state index contributed by atoms with van der Waals surface area (Å²) in [5.74, 6) is 1.18. The zero-order chi connectivity index (χ0) is 22.7. The summed E-state index contributed by atoms with van der Waals surface area (Å²) in [4.78, 5) is 0. The average Bonchev–Trinajstić information content (AvgIpc) is 3.32. The Balaban J connectivity index is 1.37. The van der Waals surface area contributed by atoms with Crippen LogP contribution in [-0.4, -0.2) is 24.7 Å². The first-order chi connectivity index (χ1) is 15.4. The van der Waals surface area contributed by atoms with Crippen molar-refractivity contribution >= 4 is 79.7 Å².